The second-order valence-electron chi connectivity index (χ2n) is 5.63. The van der Waals surface area contributed by atoms with E-state index in [9.17, 15) is 0 Å². The number of rotatable bonds is 7. The van der Waals surface area contributed by atoms with Crippen LogP contribution in [0, 0.1) is 0 Å². The highest BCUT2D eigenvalue weighted by Gasteiger charge is 2.02. The molecule has 2 aromatic carbocycles. The van der Waals surface area contributed by atoms with Gasteiger partial charge in [-0.25, -0.2) is 4.68 Å². The van der Waals surface area contributed by atoms with Crippen LogP contribution in [0.15, 0.2) is 66.9 Å². The maximum absolute atomic E-state index is 8.98. The number of likely N-dealkylation sites (N-methyl/N-ethyl adjacent to an activating group) is 1. The van der Waals surface area contributed by atoms with E-state index in [0.29, 0.717) is 13.1 Å². The van der Waals surface area contributed by atoms with Crippen molar-refractivity contribution in [1.29, 1.82) is 0 Å². The molecule has 0 bridgehead atoms. The quantitative estimate of drug-likeness (QED) is 0.702. The van der Waals surface area contributed by atoms with E-state index in [0.717, 1.165) is 22.8 Å². The molecule has 0 aliphatic rings. The monoisotopic (exact) mass is 322 g/mol. The van der Waals surface area contributed by atoms with Crippen molar-refractivity contribution in [3.63, 3.8) is 0 Å². The van der Waals surface area contributed by atoms with E-state index < -0.39 is 0 Å². The van der Waals surface area contributed by atoms with E-state index >= 15 is 0 Å². The Morgan fingerprint density at radius 1 is 1.04 bits per heavy atom. The molecule has 0 unspecified atom stereocenters. The number of nitrogens with zero attached hydrogens (tertiary/aromatic N) is 3. The zero-order valence-corrected chi connectivity index (χ0v) is 13.8. The first kappa shape index (κ1) is 16.1. The van der Waals surface area contributed by atoms with Crippen LogP contribution in [0.2, 0.25) is 0 Å². The van der Waals surface area contributed by atoms with Crippen molar-refractivity contribution < 1.29 is 5.11 Å². The van der Waals surface area contributed by atoms with E-state index in [2.05, 4.69) is 10.4 Å². The van der Waals surface area contributed by atoms with Gasteiger partial charge in [-0.15, -0.1) is 0 Å². The molecular formula is C19H22N4O. The highest BCUT2D eigenvalue weighted by Crippen LogP contribution is 2.17. The van der Waals surface area contributed by atoms with Gasteiger partial charge in [-0.1, -0.05) is 18.2 Å². The molecule has 0 aliphatic heterocycles. The van der Waals surface area contributed by atoms with Gasteiger partial charge >= 0.3 is 0 Å². The third-order valence-corrected chi connectivity index (χ3v) is 3.88. The van der Waals surface area contributed by atoms with E-state index in [1.807, 2.05) is 83.5 Å². The van der Waals surface area contributed by atoms with Gasteiger partial charge in [-0.05, 0) is 42.5 Å². The normalized spacial score (nSPS) is 10.6. The number of nitrogens with one attached hydrogen (secondary N) is 1. The average Bonchev–Trinajstić information content (AvgIpc) is 3.10. The van der Waals surface area contributed by atoms with Crippen LogP contribution < -0.4 is 10.2 Å². The van der Waals surface area contributed by atoms with Crippen LogP contribution in [0.1, 0.15) is 5.69 Å². The minimum atomic E-state index is 0.153. The summed E-state index contributed by atoms with van der Waals surface area (Å²) in [5.41, 5.74) is 4.17. The topological polar surface area (TPSA) is 53.3 Å². The van der Waals surface area contributed by atoms with E-state index in [4.69, 9.17) is 5.11 Å². The van der Waals surface area contributed by atoms with Gasteiger partial charge in [0.25, 0.3) is 0 Å². The fourth-order valence-electron chi connectivity index (χ4n) is 2.49. The Balaban J connectivity index is 1.59. The summed E-state index contributed by atoms with van der Waals surface area (Å²) in [6.45, 7) is 1.45. The predicted octanol–water partition coefficient (Wildman–Crippen LogP) is 2.91. The summed E-state index contributed by atoms with van der Waals surface area (Å²) in [7, 11) is 1.97. The molecule has 0 saturated carbocycles. The van der Waals surface area contributed by atoms with Gasteiger partial charge in [0.1, 0.15) is 0 Å². The Bertz CT molecular complexity index is 753. The molecular weight excluding hydrogens is 300 g/mol. The van der Waals surface area contributed by atoms with Crippen molar-refractivity contribution in [2.24, 2.45) is 0 Å². The third kappa shape index (κ3) is 3.94. The number of hydrogen-bond donors (Lipinski definition) is 2. The number of aromatic nitrogens is 2. The molecule has 0 fully saturated rings. The maximum atomic E-state index is 8.98. The summed E-state index contributed by atoms with van der Waals surface area (Å²) in [4.78, 5) is 2.02. The molecule has 0 amide bonds. The molecule has 0 radical (unpaired) electrons. The second-order valence-corrected chi connectivity index (χ2v) is 5.63. The Kier molecular flexibility index (Phi) is 5.13. The predicted molar refractivity (Wildman–Crippen MR) is 97.7 cm³/mol. The van der Waals surface area contributed by atoms with Crippen molar-refractivity contribution in [2.45, 2.75) is 6.54 Å². The summed E-state index contributed by atoms with van der Waals surface area (Å²) >= 11 is 0. The van der Waals surface area contributed by atoms with Gasteiger partial charge in [0.15, 0.2) is 0 Å². The summed E-state index contributed by atoms with van der Waals surface area (Å²) in [6.07, 6.45) is 1.97. The standard InChI is InChI=1S/C19H22N4O/c1-22(13-14-24)18-9-7-16(8-10-18)20-15-17-11-12-23(21-17)19-5-3-2-4-6-19/h2-12,20,24H,13-15H2,1H3. The lowest BCUT2D eigenvalue weighted by Gasteiger charge is -2.18. The maximum Gasteiger partial charge on any atom is 0.0819 e. The Morgan fingerprint density at radius 2 is 1.79 bits per heavy atom. The Labute approximate surface area is 142 Å². The van der Waals surface area contributed by atoms with Crippen LogP contribution in [-0.2, 0) is 6.54 Å². The van der Waals surface area contributed by atoms with Gasteiger partial charge in [0, 0.05) is 31.2 Å². The first-order chi connectivity index (χ1) is 11.8. The molecule has 0 saturated heterocycles. The van der Waals surface area contributed by atoms with Crippen LogP contribution in [0.3, 0.4) is 0 Å². The number of anilines is 2. The lowest BCUT2D eigenvalue weighted by atomic mass is 10.2. The number of hydrogen-bond acceptors (Lipinski definition) is 4. The highest BCUT2D eigenvalue weighted by atomic mass is 16.3. The first-order valence-corrected chi connectivity index (χ1v) is 8.02. The van der Waals surface area contributed by atoms with Gasteiger partial charge in [-0.2, -0.15) is 5.10 Å². The number of benzene rings is 2. The van der Waals surface area contributed by atoms with Gasteiger partial charge < -0.3 is 15.3 Å². The Morgan fingerprint density at radius 3 is 2.50 bits per heavy atom. The molecule has 1 heterocycles. The molecule has 2 N–H and O–H groups in total. The van der Waals surface area contributed by atoms with Crippen molar-refractivity contribution in [3.8, 4) is 5.69 Å². The summed E-state index contributed by atoms with van der Waals surface area (Å²) < 4.78 is 1.88. The molecule has 5 heteroatoms. The summed E-state index contributed by atoms with van der Waals surface area (Å²) in [5.74, 6) is 0. The molecule has 3 aromatic rings. The molecule has 0 spiro atoms. The number of aliphatic hydroxyl groups is 1. The highest BCUT2D eigenvalue weighted by molar-refractivity contribution is 5.54. The third-order valence-electron chi connectivity index (χ3n) is 3.88. The number of para-hydroxylation sites is 1. The second kappa shape index (κ2) is 7.66. The van der Waals surface area contributed by atoms with Gasteiger partial charge in [0.05, 0.1) is 24.5 Å². The van der Waals surface area contributed by atoms with Crippen LogP contribution in [0.5, 0.6) is 0 Å². The van der Waals surface area contributed by atoms with Crippen molar-refractivity contribution in [3.05, 3.63) is 72.6 Å². The van der Waals surface area contributed by atoms with Crippen LogP contribution in [-0.4, -0.2) is 35.1 Å². The molecule has 1 aromatic heterocycles. The molecule has 5 nitrogen and oxygen atoms in total. The number of aliphatic hydroxyl groups excluding tert-OH is 1. The summed E-state index contributed by atoms with van der Waals surface area (Å²) in [5, 5.41) is 16.9. The van der Waals surface area contributed by atoms with Crippen LogP contribution in [0.25, 0.3) is 5.69 Å². The van der Waals surface area contributed by atoms with E-state index in [-0.39, 0.29) is 6.61 Å². The first-order valence-electron chi connectivity index (χ1n) is 8.02. The fraction of sp³-hybridized carbons (Fsp3) is 0.211. The minimum absolute atomic E-state index is 0.153. The van der Waals surface area contributed by atoms with Crippen LogP contribution in [0.4, 0.5) is 11.4 Å². The zero-order chi connectivity index (χ0) is 16.8. The van der Waals surface area contributed by atoms with Gasteiger partial charge in [-0.3, -0.25) is 0 Å². The average molecular weight is 322 g/mol. The molecule has 3 rings (SSSR count). The lowest BCUT2D eigenvalue weighted by Crippen LogP contribution is -2.20. The van der Waals surface area contributed by atoms with Gasteiger partial charge in [0.2, 0.25) is 0 Å². The Hall–Kier alpha value is -2.79. The largest absolute Gasteiger partial charge is 0.395 e. The molecule has 0 atom stereocenters. The zero-order valence-electron chi connectivity index (χ0n) is 13.8. The van der Waals surface area contributed by atoms with Crippen molar-refractivity contribution in [2.75, 3.05) is 30.4 Å². The van der Waals surface area contributed by atoms with Crippen molar-refractivity contribution in [1.82, 2.24) is 9.78 Å². The van der Waals surface area contributed by atoms with Crippen LogP contribution >= 0.6 is 0 Å². The molecule has 124 valence electrons. The van der Waals surface area contributed by atoms with Crippen molar-refractivity contribution >= 4 is 11.4 Å². The minimum Gasteiger partial charge on any atom is -0.395 e. The smallest absolute Gasteiger partial charge is 0.0819 e. The molecule has 24 heavy (non-hydrogen) atoms. The van der Waals surface area contributed by atoms with E-state index in [1.165, 1.54) is 0 Å². The lowest BCUT2D eigenvalue weighted by molar-refractivity contribution is 0.304. The summed E-state index contributed by atoms with van der Waals surface area (Å²) in [6, 6.07) is 20.3. The fourth-order valence-corrected chi connectivity index (χ4v) is 2.49. The molecule has 0 aliphatic carbocycles. The van der Waals surface area contributed by atoms with E-state index in [1.54, 1.807) is 0 Å². The SMILES string of the molecule is CN(CCO)c1ccc(NCc2ccn(-c3ccccc3)n2)cc1.